The second-order valence-electron chi connectivity index (χ2n) is 12.2. The summed E-state index contributed by atoms with van der Waals surface area (Å²) in [6, 6.07) is 53.1. The lowest BCUT2D eigenvalue weighted by Crippen LogP contribution is -2.36. The number of nitrogens with one attached hydrogen (secondary N) is 1. The molecule has 0 spiro atoms. The van der Waals surface area contributed by atoms with Gasteiger partial charge in [-0.25, -0.2) is 9.98 Å². The summed E-state index contributed by atoms with van der Waals surface area (Å²) in [4.78, 5) is 10.4. The van der Waals surface area contributed by atoms with Crippen molar-refractivity contribution in [1.82, 2.24) is 5.32 Å². The van der Waals surface area contributed by atoms with Crippen LogP contribution < -0.4 is 5.32 Å². The molecule has 0 saturated heterocycles. The number of amidine groups is 2. The van der Waals surface area contributed by atoms with Crippen LogP contribution in [0, 0.1) is 0 Å². The standard InChI is InChI=1S/C43H31N3O/c1-3-13-29(14-4-1)41-44-42(30-15-5-2-6-16-30)46-43(45-41)37-26-35(27-39-40(37)36-20-9-10-21-38(36)47-39)33-19-11-18-32(25-33)34-23-22-28-12-7-8-17-31(28)24-34/h1-26,35,41H,27H2,(H,44,45,46). The number of hydrogen-bond donors (Lipinski definition) is 1. The van der Waals surface area contributed by atoms with Crippen LogP contribution in [-0.4, -0.2) is 11.7 Å². The van der Waals surface area contributed by atoms with Gasteiger partial charge in [0, 0.05) is 34.4 Å². The summed E-state index contributed by atoms with van der Waals surface area (Å²) >= 11 is 0. The summed E-state index contributed by atoms with van der Waals surface area (Å²) in [5.74, 6) is 2.68. The topological polar surface area (TPSA) is 49.9 Å². The molecule has 4 heteroatoms. The first-order chi connectivity index (χ1) is 23.3. The van der Waals surface area contributed by atoms with Gasteiger partial charge in [0.1, 0.15) is 23.0 Å². The molecule has 47 heavy (non-hydrogen) atoms. The Bertz CT molecular complexity index is 2370. The highest BCUT2D eigenvalue weighted by Gasteiger charge is 2.31. The van der Waals surface area contributed by atoms with E-state index in [0.29, 0.717) is 0 Å². The molecule has 2 heterocycles. The summed E-state index contributed by atoms with van der Waals surface area (Å²) in [6.07, 6.45) is 2.77. The van der Waals surface area contributed by atoms with E-state index in [1.54, 1.807) is 0 Å². The van der Waals surface area contributed by atoms with Gasteiger partial charge in [0.25, 0.3) is 0 Å². The Morgan fingerprint density at radius 3 is 2.11 bits per heavy atom. The molecule has 0 bridgehead atoms. The van der Waals surface area contributed by atoms with Crippen molar-refractivity contribution in [2.45, 2.75) is 18.5 Å². The van der Waals surface area contributed by atoms with Crippen molar-refractivity contribution in [2.75, 3.05) is 0 Å². The third kappa shape index (κ3) is 5.04. The molecule has 6 aromatic carbocycles. The molecule has 1 aliphatic heterocycles. The van der Waals surface area contributed by atoms with Crippen molar-refractivity contribution in [3.63, 3.8) is 0 Å². The van der Waals surface area contributed by atoms with Crippen molar-refractivity contribution in [3.05, 3.63) is 186 Å². The minimum atomic E-state index is -0.373. The van der Waals surface area contributed by atoms with Crippen LogP contribution in [0.4, 0.5) is 0 Å². The maximum atomic E-state index is 6.60. The molecule has 1 aromatic heterocycles. The van der Waals surface area contributed by atoms with E-state index in [0.717, 1.165) is 57.1 Å². The van der Waals surface area contributed by atoms with Crippen molar-refractivity contribution in [3.8, 4) is 11.1 Å². The van der Waals surface area contributed by atoms with Gasteiger partial charge in [0.2, 0.25) is 0 Å². The average molecular weight is 606 g/mol. The number of fused-ring (bicyclic) bond motifs is 4. The Kier molecular flexibility index (Phi) is 6.64. The van der Waals surface area contributed by atoms with Gasteiger partial charge in [0.15, 0.2) is 6.17 Å². The van der Waals surface area contributed by atoms with Crippen LogP contribution in [0.2, 0.25) is 0 Å². The monoisotopic (exact) mass is 605 g/mol. The summed E-state index contributed by atoms with van der Waals surface area (Å²) in [6.45, 7) is 0. The number of allylic oxidation sites excluding steroid dienone is 1. The van der Waals surface area contributed by atoms with E-state index in [9.17, 15) is 0 Å². The van der Waals surface area contributed by atoms with Crippen molar-refractivity contribution >= 4 is 39.0 Å². The first-order valence-electron chi connectivity index (χ1n) is 16.1. The Labute approximate surface area is 273 Å². The predicted molar refractivity (Wildman–Crippen MR) is 193 cm³/mol. The van der Waals surface area contributed by atoms with Gasteiger partial charge in [-0.15, -0.1) is 0 Å². The molecule has 0 fully saturated rings. The number of furan rings is 1. The molecule has 0 saturated carbocycles. The van der Waals surface area contributed by atoms with Crippen LogP contribution in [0.3, 0.4) is 0 Å². The Hall–Kier alpha value is -6.00. The third-order valence-corrected chi connectivity index (χ3v) is 9.25. The first-order valence-corrected chi connectivity index (χ1v) is 16.1. The van der Waals surface area contributed by atoms with E-state index in [1.165, 1.54) is 27.5 Å². The molecular formula is C43H31N3O. The average Bonchev–Trinajstić information content (AvgIpc) is 3.53. The molecule has 7 aromatic rings. The van der Waals surface area contributed by atoms with Crippen LogP contribution in [0.5, 0.6) is 0 Å². The molecule has 2 atom stereocenters. The molecule has 224 valence electrons. The molecular weight excluding hydrogens is 574 g/mol. The van der Waals surface area contributed by atoms with Crippen LogP contribution in [0.15, 0.2) is 172 Å². The molecule has 9 rings (SSSR count). The lowest BCUT2D eigenvalue weighted by molar-refractivity contribution is 0.532. The summed E-state index contributed by atoms with van der Waals surface area (Å²) in [5, 5.41) is 7.24. The van der Waals surface area contributed by atoms with E-state index < -0.39 is 0 Å². The highest BCUT2D eigenvalue weighted by Crippen LogP contribution is 2.42. The van der Waals surface area contributed by atoms with Gasteiger partial charge in [-0.2, -0.15) is 0 Å². The van der Waals surface area contributed by atoms with Gasteiger partial charge in [-0.05, 0) is 45.2 Å². The summed E-state index contributed by atoms with van der Waals surface area (Å²) in [7, 11) is 0. The van der Waals surface area contributed by atoms with E-state index >= 15 is 0 Å². The zero-order valence-corrected chi connectivity index (χ0v) is 25.7. The smallest absolute Gasteiger partial charge is 0.169 e. The van der Waals surface area contributed by atoms with Gasteiger partial charge >= 0.3 is 0 Å². The van der Waals surface area contributed by atoms with Crippen LogP contribution >= 0.6 is 0 Å². The molecule has 2 aliphatic rings. The number of rotatable bonds is 5. The largest absolute Gasteiger partial charge is 0.460 e. The lowest BCUT2D eigenvalue weighted by atomic mass is 9.82. The van der Waals surface area contributed by atoms with Crippen LogP contribution in [-0.2, 0) is 6.42 Å². The Morgan fingerprint density at radius 1 is 0.553 bits per heavy atom. The quantitative estimate of drug-likeness (QED) is 0.212. The van der Waals surface area contributed by atoms with Crippen molar-refractivity contribution < 1.29 is 4.42 Å². The number of hydrogen-bond acceptors (Lipinski definition) is 4. The number of aliphatic imine (C=N–C) groups is 2. The van der Waals surface area contributed by atoms with Crippen molar-refractivity contribution in [2.24, 2.45) is 9.98 Å². The fourth-order valence-corrected chi connectivity index (χ4v) is 6.91. The molecule has 0 amide bonds. The Balaban J connectivity index is 1.18. The maximum absolute atomic E-state index is 6.60. The number of nitrogens with zero attached hydrogens (tertiary/aromatic N) is 2. The highest BCUT2D eigenvalue weighted by atomic mass is 16.3. The number of benzene rings is 6. The van der Waals surface area contributed by atoms with Gasteiger partial charge in [0.05, 0.1) is 0 Å². The molecule has 0 radical (unpaired) electrons. The van der Waals surface area contributed by atoms with Gasteiger partial charge < -0.3 is 9.73 Å². The summed E-state index contributed by atoms with van der Waals surface area (Å²) < 4.78 is 6.60. The minimum Gasteiger partial charge on any atom is -0.460 e. The first kappa shape index (κ1) is 27.3. The second kappa shape index (κ2) is 11.4. The zero-order valence-electron chi connectivity index (χ0n) is 25.7. The predicted octanol–water partition coefficient (Wildman–Crippen LogP) is 10.1. The fourth-order valence-electron chi connectivity index (χ4n) is 6.91. The second-order valence-corrected chi connectivity index (χ2v) is 12.2. The van der Waals surface area contributed by atoms with E-state index in [2.05, 4.69) is 121 Å². The third-order valence-electron chi connectivity index (χ3n) is 9.25. The van der Waals surface area contributed by atoms with Crippen LogP contribution in [0.25, 0.3) is 38.4 Å². The SMILES string of the molecule is C1=C(C2=NC(c3ccccc3)N=C(c3ccccc3)N2)c2c(oc3ccccc23)CC1c1cccc(-c2ccc3ccccc3c2)c1. The van der Waals surface area contributed by atoms with E-state index in [-0.39, 0.29) is 12.1 Å². The number of para-hydroxylation sites is 1. The highest BCUT2D eigenvalue weighted by molar-refractivity contribution is 6.31. The fraction of sp³-hybridized carbons (Fsp3) is 0.0698. The van der Waals surface area contributed by atoms with E-state index in [1.807, 2.05) is 42.5 Å². The molecule has 1 N–H and O–H groups in total. The summed E-state index contributed by atoms with van der Waals surface area (Å²) in [5.41, 5.74) is 8.77. The normalized spacial score (nSPS) is 17.4. The lowest BCUT2D eigenvalue weighted by Gasteiger charge is -2.27. The minimum absolute atomic E-state index is 0.0946. The maximum Gasteiger partial charge on any atom is 0.169 e. The van der Waals surface area contributed by atoms with Gasteiger partial charge in [-0.1, -0.05) is 146 Å². The molecule has 4 nitrogen and oxygen atoms in total. The van der Waals surface area contributed by atoms with E-state index in [4.69, 9.17) is 14.4 Å². The van der Waals surface area contributed by atoms with Crippen LogP contribution in [0.1, 0.15) is 40.1 Å². The zero-order chi connectivity index (χ0) is 31.2. The van der Waals surface area contributed by atoms with Gasteiger partial charge in [-0.3, -0.25) is 0 Å². The van der Waals surface area contributed by atoms with Crippen molar-refractivity contribution in [1.29, 1.82) is 0 Å². The molecule has 1 aliphatic carbocycles. The molecule has 2 unspecified atom stereocenters. The Morgan fingerprint density at radius 2 is 1.23 bits per heavy atom.